The zero-order valence-electron chi connectivity index (χ0n) is 13.4. The van der Waals surface area contributed by atoms with Crippen LogP contribution in [0.1, 0.15) is 40.7 Å². The maximum absolute atomic E-state index is 12.2. The van der Waals surface area contributed by atoms with Crippen LogP contribution in [-0.4, -0.2) is 48.1 Å². The third-order valence-corrected chi connectivity index (χ3v) is 4.99. The molecule has 5 nitrogen and oxygen atoms in total. The van der Waals surface area contributed by atoms with Crippen molar-refractivity contribution in [3.8, 4) is 0 Å². The van der Waals surface area contributed by atoms with Crippen LogP contribution in [0.4, 0.5) is 0 Å². The number of nitrogens with one attached hydrogen (secondary N) is 1. The van der Waals surface area contributed by atoms with Crippen molar-refractivity contribution in [2.75, 3.05) is 26.2 Å². The summed E-state index contributed by atoms with van der Waals surface area (Å²) in [5.74, 6) is 0.0780. The van der Waals surface area contributed by atoms with E-state index in [-0.39, 0.29) is 25.0 Å². The summed E-state index contributed by atoms with van der Waals surface area (Å²) < 4.78 is 0. The van der Waals surface area contributed by atoms with Crippen molar-refractivity contribution >= 4 is 11.8 Å². The van der Waals surface area contributed by atoms with Gasteiger partial charge in [-0.25, -0.2) is 0 Å². The van der Waals surface area contributed by atoms with Gasteiger partial charge >= 0.3 is 0 Å². The summed E-state index contributed by atoms with van der Waals surface area (Å²) >= 11 is 0. The van der Waals surface area contributed by atoms with Gasteiger partial charge in [-0.2, -0.15) is 0 Å². The number of aliphatic hydroxyl groups excluding tert-OH is 1. The van der Waals surface area contributed by atoms with Gasteiger partial charge in [0.05, 0.1) is 6.54 Å². The molecule has 1 fully saturated rings. The zero-order valence-corrected chi connectivity index (χ0v) is 13.4. The number of hydrogen-bond acceptors (Lipinski definition) is 3. The number of benzene rings is 1. The predicted octanol–water partition coefficient (Wildman–Crippen LogP) is 1.14. The molecule has 0 unspecified atom stereocenters. The number of amides is 2. The number of piperidine rings is 1. The number of carbonyl (C=O) groups excluding carboxylic acids is 2. The monoisotopic (exact) mass is 316 g/mol. The second kappa shape index (κ2) is 7.13. The molecule has 0 radical (unpaired) electrons. The van der Waals surface area contributed by atoms with E-state index in [1.165, 1.54) is 11.1 Å². The molecule has 0 saturated carbocycles. The Labute approximate surface area is 136 Å². The van der Waals surface area contributed by atoms with Crippen LogP contribution in [0.25, 0.3) is 0 Å². The van der Waals surface area contributed by atoms with E-state index in [4.69, 9.17) is 5.11 Å². The molecule has 23 heavy (non-hydrogen) atoms. The average Bonchev–Trinajstić information content (AvgIpc) is 3.07. The molecule has 1 saturated heterocycles. The highest BCUT2D eigenvalue weighted by Crippen LogP contribution is 2.22. The second-order valence-corrected chi connectivity index (χ2v) is 6.53. The molecule has 0 spiro atoms. The highest BCUT2D eigenvalue weighted by molar-refractivity contribution is 5.96. The smallest absolute Gasteiger partial charge is 0.251 e. The first-order valence-electron chi connectivity index (χ1n) is 8.46. The van der Waals surface area contributed by atoms with Crippen LogP contribution in [0.2, 0.25) is 0 Å². The largest absolute Gasteiger partial charge is 0.396 e. The van der Waals surface area contributed by atoms with Gasteiger partial charge in [0.15, 0.2) is 0 Å². The Balaban J connectivity index is 1.50. The molecular formula is C18H24N2O3. The van der Waals surface area contributed by atoms with E-state index in [1.54, 1.807) is 4.90 Å². The number of likely N-dealkylation sites (tertiary alicyclic amines) is 1. The first kappa shape index (κ1) is 16.0. The maximum atomic E-state index is 12.2. The number of aryl methyl sites for hydroxylation is 2. The van der Waals surface area contributed by atoms with Gasteiger partial charge in [0.25, 0.3) is 5.91 Å². The predicted molar refractivity (Wildman–Crippen MR) is 87.2 cm³/mol. The second-order valence-electron chi connectivity index (χ2n) is 6.53. The van der Waals surface area contributed by atoms with E-state index in [1.807, 2.05) is 18.2 Å². The Morgan fingerprint density at radius 1 is 1.17 bits per heavy atom. The molecule has 0 aromatic heterocycles. The fourth-order valence-electron chi connectivity index (χ4n) is 3.45. The van der Waals surface area contributed by atoms with Crippen LogP contribution in [0.5, 0.6) is 0 Å². The molecular weight excluding hydrogens is 292 g/mol. The van der Waals surface area contributed by atoms with Crippen molar-refractivity contribution in [3.63, 3.8) is 0 Å². The fourth-order valence-corrected chi connectivity index (χ4v) is 3.45. The Kier molecular flexibility index (Phi) is 4.96. The van der Waals surface area contributed by atoms with E-state index in [0.29, 0.717) is 24.6 Å². The number of nitrogens with zero attached hydrogens (tertiary/aromatic N) is 1. The van der Waals surface area contributed by atoms with Crippen LogP contribution < -0.4 is 5.32 Å². The third kappa shape index (κ3) is 3.72. The number of hydrogen-bond donors (Lipinski definition) is 2. The zero-order chi connectivity index (χ0) is 16.2. The minimum atomic E-state index is -0.182. The van der Waals surface area contributed by atoms with E-state index < -0.39 is 0 Å². The van der Waals surface area contributed by atoms with Crippen molar-refractivity contribution in [2.45, 2.75) is 32.1 Å². The molecule has 1 aromatic carbocycles. The van der Waals surface area contributed by atoms with Gasteiger partial charge in [-0.05, 0) is 61.3 Å². The van der Waals surface area contributed by atoms with Crippen molar-refractivity contribution in [3.05, 3.63) is 34.9 Å². The van der Waals surface area contributed by atoms with E-state index in [0.717, 1.165) is 32.1 Å². The molecule has 1 aromatic rings. The highest BCUT2D eigenvalue weighted by atomic mass is 16.3. The lowest BCUT2D eigenvalue weighted by Gasteiger charge is -2.31. The van der Waals surface area contributed by atoms with Crippen LogP contribution in [0.3, 0.4) is 0 Å². The van der Waals surface area contributed by atoms with Gasteiger partial charge in [-0.1, -0.05) is 6.07 Å². The molecule has 2 amide bonds. The summed E-state index contributed by atoms with van der Waals surface area (Å²) in [4.78, 5) is 26.2. The van der Waals surface area contributed by atoms with E-state index >= 15 is 0 Å². The Bertz CT molecular complexity index is 592. The summed E-state index contributed by atoms with van der Waals surface area (Å²) in [6, 6.07) is 5.82. The van der Waals surface area contributed by atoms with Gasteiger partial charge in [-0.15, -0.1) is 0 Å². The van der Waals surface area contributed by atoms with Crippen LogP contribution in [0.15, 0.2) is 18.2 Å². The lowest BCUT2D eigenvalue weighted by molar-refractivity contribution is -0.131. The summed E-state index contributed by atoms with van der Waals surface area (Å²) in [6.07, 6.45) is 4.96. The molecule has 2 N–H and O–H groups in total. The summed E-state index contributed by atoms with van der Waals surface area (Å²) in [5.41, 5.74) is 3.23. The molecule has 2 aliphatic rings. The average molecular weight is 316 g/mol. The molecule has 0 bridgehead atoms. The normalized spacial score (nSPS) is 17.9. The quantitative estimate of drug-likeness (QED) is 0.875. The summed E-state index contributed by atoms with van der Waals surface area (Å²) in [5, 5.41) is 11.9. The lowest BCUT2D eigenvalue weighted by Crippen LogP contribution is -2.44. The number of carbonyl (C=O) groups is 2. The Hall–Kier alpha value is -1.88. The molecule has 124 valence electrons. The minimum absolute atomic E-state index is 0.0414. The van der Waals surface area contributed by atoms with Crippen LogP contribution >= 0.6 is 0 Å². The van der Waals surface area contributed by atoms with Crippen molar-refractivity contribution in [2.24, 2.45) is 5.92 Å². The molecule has 1 aliphatic heterocycles. The van der Waals surface area contributed by atoms with Crippen molar-refractivity contribution in [1.82, 2.24) is 10.2 Å². The van der Waals surface area contributed by atoms with E-state index in [9.17, 15) is 9.59 Å². The molecule has 1 aliphatic carbocycles. The standard InChI is InChI=1S/C18H24N2O3/c21-12-13-6-8-20(9-7-13)17(22)11-19-18(23)16-5-4-14-2-1-3-15(14)10-16/h4-5,10,13,21H,1-3,6-9,11-12H2,(H,19,23). The molecule has 1 heterocycles. The number of aliphatic hydroxyl groups is 1. The van der Waals surface area contributed by atoms with Crippen molar-refractivity contribution < 1.29 is 14.7 Å². The first-order valence-corrected chi connectivity index (χ1v) is 8.46. The van der Waals surface area contributed by atoms with Gasteiger partial charge in [0.1, 0.15) is 0 Å². The SMILES string of the molecule is O=C(NCC(=O)N1CCC(CO)CC1)c1ccc2c(c1)CCC2. The maximum Gasteiger partial charge on any atom is 0.251 e. The van der Waals surface area contributed by atoms with Gasteiger partial charge in [-0.3, -0.25) is 9.59 Å². The Morgan fingerprint density at radius 2 is 1.91 bits per heavy atom. The van der Waals surface area contributed by atoms with Gasteiger partial charge < -0.3 is 15.3 Å². The van der Waals surface area contributed by atoms with Crippen LogP contribution in [0, 0.1) is 5.92 Å². The number of rotatable bonds is 4. The topological polar surface area (TPSA) is 69.6 Å². The van der Waals surface area contributed by atoms with E-state index in [2.05, 4.69) is 5.32 Å². The fraction of sp³-hybridized carbons (Fsp3) is 0.556. The van der Waals surface area contributed by atoms with Gasteiger partial charge in [0.2, 0.25) is 5.91 Å². The molecule has 0 atom stereocenters. The number of fused-ring (bicyclic) bond motifs is 1. The minimum Gasteiger partial charge on any atom is -0.396 e. The molecule has 3 rings (SSSR count). The Morgan fingerprint density at radius 3 is 2.65 bits per heavy atom. The lowest BCUT2D eigenvalue weighted by atomic mass is 9.98. The van der Waals surface area contributed by atoms with Crippen molar-refractivity contribution in [1.29, 1.82) is 0 Å². The van der Waals surface area contributed by atoms with Crippen LogP contribution in [-0.2, 0) is 17.6 Å². The third-order valence-electron chi connectivity index (χ3n) is 4.99. The summed E-state index contributed by atoms with van der Waals surface area (Å²) in [7, 11) is 0. The molecule has 5 heteroatoms. The van der Waals surface area contributed by atoms with Gasteiger partial charge in [0, 0.05) is 25.3 Å². The summed E-state index contributed by atoms with van der Waals surface area (Å²) in [6.45, 7) is 1.56. The first-order chi connectivity index (χ1) is 11.2. The highest BCUT2D eigenvalue weighted by Gasteiger charge is 2.22.